The van der Waals surface area contributed by atoms with Crippen molar-refractivity contribution >= 4 is 5.82 Å². The molecule has 0 radical (unpaired) electrons. The van der Waals surface area contributed by atoms with Crippen LogP contribution in [0.4, 0.5) is 14.6 Å². The van der Waals surface area contributed by atoms with E-state index in [0.717, 1.165) is 12.8 Å². The van der Waals surface area contributed by atoms with Gasteiger partial charge in [-0.05, 0) is 72.8 Å². The smallest absolute Gasteiger partial charge is 0.213 e. The van der Waals surface area contributed by atoms with Crippen LogP contribution in [0.3, 0.4) is 0 Å². The van der Waals surface area contributed by atoms with Gasteiger partial charge in [0, 0.05) is 30.9 Å². The van der Waals surface area contributed by atoms with E-state index < -0.39 is 17.4 Å². The SMILES string of the molecule is COc1cc(-c2cc(O)c(-c3ccc(N(C)[C@H]4C[C@]5(C)CC[C@](C)(C4)C5)nn3)c(F)c2F)ccn1. The minimum atomic E-state index is -1.18. The van der Waals surface area contributed by atoms with Crippen molar-refractivity contribution in [1.82, 2.24) is 15.2 Å². The zero-order valence-corrected chi connectivity index (χ0v) is 20.5. The number of phenols is 1. The Bertz CT molecular complexity index is 1250. The third-order valence-electron chi connectivity index (χ3n) is 7.90. The quantitative estimate of drug-likeness (QED) is 0.483. The number of rotatable bonds is 5. The number of aromatic nitrogens is 3. The van der Waals surface area contributed by atoms with Crippen molar-refractivity contribution in [2.45, 2.75) is 52.0 Å². The summed E-state index contributed by atoms with van der Waals surface area (Å²) in [6, 6.07) is 7.85. The molecule has 5 rings (SSSR count). The second kappa shape index (κ2) is 8.43. The molecule has 0 saturated heterocycles. The highest BCUT2D eigenvalue weighted by molar-refractivity contribution is 5.76. The number of phenolic OH excluding ortho intramolecular Hbond substituents is 1. The molecule has 0 amide bonds. The fourth-order valence-corrected chi connectivity index (χ4v) is 6.23. The van der Waals surface area contributed by atoms with Crippen LogP contribution in [0.5, 0.6) is 11.6 Å². The molecule has 2 aromatic heterocycles. The second-order valence-corrected chi connectivity index (χ2v) is 10.8. The van der Waals surface area contributed by atoms with Gasteiger partial charge in [-0.25, -0.2) is 13.8 Å². The van der Waals surface area contributed by atoms with Crippen LogP contribution in [0.1, 0.15) is 46.0 Å². The van der Waals surface area contributed by atoms with E-state index in [2.05, 4.69) is 33.9 Å². The maximum atomic E-state index is 15.1. The van der Waals surface area contributed by atoms with Gasteiger partial charge in [0.2, 0.25) is 5.88 Å². The van der Waals surface area contributed by atoms with Crippen molar-refractivity contribution in [1.29, 1.82) is 0 Å². The first-order valence-corrected chi connectivity index (χ1v) is 11.9. The molecule has 2 bridgehead atoms. The molecule has 35 heavy (non-hydrogen) atoms. The molecule has 0 unspecified atom stereocenters. The zero-order valence-electron chi connectivity index (χ0n) is 20.5. The van der Waals surface area contributed by atoms with Crippen LogP contribution in [-0.4, -0.2) is 40.5 Å². The number of ether oxygens (including phenoxy) is 1. The van der Waals surface area contributed by atoms with Crippen LogP contribution >= 0.6 is 0 Å². The number of aromatic hydroxyl groups is 1. The second-order valence-electron chi connectivity index (χ2n) is 10.8. The van der Waals surface area contributed by atoms with E-state index in [1.54, 1.807) is 12.1 Å². The van der Waals surface area contributed by atoms with Crippen molar-refractivity contribution in [2.75, 3.05) is 19.1 Å². The summed E-state index contributed by atoms with van der Waals surface area (Å²) < 4.78 is 35.2. The first-order chi connectivity index (χ1) is 16.6. The number of benzene rings is 1. The monoisotopic (exact) mass is 480 g/mol. The maximum Gasteiger partial charge on any atom is 0.213 e. The highest BCUT2D eigenvalue weighted by atomic mass is 19.2. The predicted molar refractivity (Wildman–Crippen MR) is 130 cm³/mol. The van der Waals surface area contributed by atoms with E-state index in [9.17, 15) is 5.11 Å². The Hall–Kier alpha value is -3.29. The summed E-state index contributed by atoms with van der Waals surface area (Å²) in [6.07, 6.45) is 7.40. The largest absolute Gasteiger partial charge is 0.507 e. The summed E-state index contributed by atoms with van der Waals surface area (Å²) >= 11 is 0. The molecule has 2 aliphatic carbocycles. The van der Waals surface area contributed by atoms with Gasteiger partial charge in [0.15, 0.2) is 17.5 Å². The normalized spacial score (nSPS) is 25.5. The average molecular weight is 481 g/mol. The van der Waals surface area contributed by atoms with Gasteiger partial charge in [0.05, 0.1) is 18.4 Å². The highest BCUT2D eigenvalue weighted by Crippen LogP contribution is 2.58. The molecule has 2 fully saturated rings. The van der Waals surface area contributed by atoms with Crippen LogP contribution in [-0.2, 0) is 0 Å². The van der Waals surface area contributed by atoms with Crippen molar-refractivity contribution in [3.8, 4) is 34.0 Å². The number of halogens is 2. The minimum Gasteiger partial charge on any atom is -0.507 e. The first kappa shape index (κ1) is 23.5. The Morgan fingerprint density at radius 2 is 1.74 bits per heavy atom. The number of methoxy groups -OCH3 is 1. The Balaban J connectivity index is 1.43. The van der Waals surface area contributed by atoms with Gasteiger partial charge in [0.25, 0.3) is 0 Å². The lowest BCUT2D eigenvalue weighted by Crippen LogP contribution is -2.42. The van der Waals surface area contributed by atoms with Crippen molar-refractivity contribution in [3.63, 3.8) is 0 Å². The van der Waals surface area contributed by atoms with Gasteiger partial charge in [-0.3, -0.25) is 0 Å². The van der Waals surface area contributed by atoms with Crippen LogP contribution in [0, 0.1) is 22.5 Å². The first-order valence-electron chi connectivity index (χ1n) is 11.9. The van der Waals surface area contributed by atoms with Crippen molar-refractivity contribution in [3.05, 3.63) is 48.2 Å². The summed E-state index contributed by atoms with van der Waals surface area (Å²) in [7, 11) is 3.45. The van der Waals surface area contributed by atoms with E-state index >= 15 is 8.78 Å². The fourth-order valence-electron chi connectivity index (χ4n) is 6.23. The minimum absolute atomic E-state index is 0.0672. The topological polar surface area (TPSA) is 71.4 Å². The Morgan fingerprint density at radius 3 is 2.37 bits per heavy atom. The lowest BCUT2D eigenvalue weighted by atomic mass is 9.68. The van der Waals surface area contributed by atoms with Crippen LogP contribution in [0.2, 0.25) is 0 Å². The van der Waals surface area contributed by atoms with E-state index in [1.165, 1.54) is 50.8 Å². The van der Waals surface area contributed by atoms with Gasteiger partial charge in [-0.1, -0.05) is 13.8 Å². The Labute approximate surface area is 204 Å². The molecular formula is C27H30F2N4O2. The summed E-state index contributed by atoms with van der Waals surface area (Å²) in [6.45, 7) is 4.75. The predicted octanol–water partition coefficient (Wildman–Crippen LogP) is 5.99. The van der Waals surface area contributed by atoms with E-state index in [0.29, 0.717) is 28.3 Å². The van der Waals surface area contributed by atoms with E-state index in [4.69, 9.17) is 4.74 Å². The summed E-state index contributed by atoms with van der Waals surface area (Å²) in [4.78, 5) is 6.12. The fraction of sp³-hybridized carbons (Fsp3) is 0.444. The molecule has 2 aliphatic rings. The molecule has 2 saturated carbocycles. The Morgan fingerprint density at radius 1 is 1.03 bits per heavy atom. The molecule has 0 aliphatic heterocycles. The van der Waals surface area contributed by atoms with Crippen LogP contribution in [0.25, 0.3) is 22.4 Å². The molecule has 1 aromatic carbocycles. The van der Waals surface area contributed by atoms with Gasteiger partial charge in [-0.2, -0.15) is 0 Å². The van der Waals surface area contributed by atoms with Crippen molar-refractivity contribution in [2.24, 2.45) is 10.8 Å². The lowest BCUT2D eigenvalue weighted by molar-refractivity contribution is 0.148. The number of pyridine rings is 1. The molecule has 3 aromatic rings. The Kier molecular flexibility index (Phi) is 5.65. The molecule has 1 N–H and O–H groups in total. The van der Waals surface area contributed by atoms with Crippen LogP contribution in [0.15, 0.2) is 36.5 Å². The van der Waals surface area contributed by atoms with Gasteiger partial charge < -0.3 is 14.7 Å². The van der Waals surface area contributed by atoms with Gasteiger partial charge in [0.1, 0.15) is 5.75 Å². The standard InChI is InChI=1S/C27H30F2N4O2/c1-26-8-9-27(2,15-26)14-17(13-26)33(3)21-6-5-19(31-32-21)23-20(34)12-18(24(28)25(23)29)16-7-10-30-22(11-16)35-4/h5-7,10-12,17,34H,8-9,13-15H2,1-4H3/t17-,26-,27+. The number of fused-ring (bicyclic) bond motifs is 2. The number of nitrogens with zero attached hydrogens (tertiary/aromatic N) is 4. The third kappa shape index (κ3) is 4.19. The average Bonchev–Trinajstić information content (AvgIpc) is 3.07. The highest BCUT2D eigenvalue weighted by Gasteiger charge is 2.50. The summed E-state index contributed by atoms with van der Waals surface area (Å²) in [5.41, 5.74) is 0.700. The summed E-state index contributed by atoms with van der Waals surface area (Å²) in [5.74, 6) is -1.77. The van der Waals surface area contributed by atoms with Gasteiger partial charge >= 0.3 is 0 Å². The van der Waals surface area contributed by atoms with Crippen molar-refractivity contribution < 1.29 is 18.6 Å². The third-order valence-corrected chi connectivity index (χ3v) is 7.90. The molecule has 8 heteroatoms. The van der Waals surface area contributed by atoms with E-state index in [-0.39, 0.29) is 22.7 Å². The van der Waals surface area contributed by atoms with E-state index in [1.807, 2.05) is 7.05 Å². The lowest BCUT2D eigenvalue weighted by Gasteiger charge is -2.44. The van der Waals surface area contributed by atoms with Crippen LogP contribution < -0.4 is 9.64 Å². The molecule has 3 atom stereocenters. The molecule has 2 heterocycles. The maximum absolute atomic E-state index is 15.1. The number of hydrogen-bond donors (Lipinski definition) is 1. The summed E-state index contributed by atoms with van der Waals surface area (Å²) in [5, 5.41) is 19.1. The molecule has 184 valence electrons. The molecule has 0 spiro atoms. The van der Waals surface area contributed by atoms with Gasteiger partial charge in [-0.15, -0.1) is 10.2 Å². The zero-order chi connectivity index (χ0) is 25.0. The molecular weight excluding hydrogens is 450 g/mol. The number of hydrogen-bond acceptors (Lipinski definition) is 6. The molecule has 6 nitrogen and oxygen atoms in total. The number of anilines is 1.